The molecule has 0 radical (unpaired) electrons. The van der Waals surface area contributed by atoms with Crippen molar-refractivity contribution in [3.05, 3.63) is 11.6 Å². The van der Waals surface area contributed by atoms with Gasteiger partial charge in [0.25, 0.3) is 0 Å². The zero-order chi connectivity index (χ0) is 14.6. The molecule has 0 aromatic carbocycles. The van der Waals surface area contributed by atoms with Gasteiger partial charge in [0.15, 0.2) is 0 Å². The number of carbonyl (C=O) groups excluding carboxylic acids is 1. The Kier molecular flexibility index (Phi) is 3.32. The van der Waals surface area contributed by atoms with Crippen LogP contribution in [0.4, 0.5) is 0 Å². The summed E-state index contributed by atoms with van der Waals surface area (Å²) in [6, 6.07) is 0. The quantitative estimate of drug-likeness (QED) is 0.562. The fraction of sp³-hybridized carbons (Fsp3) is 0.850. The van der Waals surface area contributed by atoms with E-state index in [4.69, 9.17) is 0 Å². The molecule has 4 aliphatic carbocycles. The molecule has 4 saturated carbocycles. The second-order valence-electron chi connectivity index (χ2n) is 8.53. The molecule has 0 aromatic heterocycles. The molecule has 4 fully saturated rings. The highest BCUT2D eigenvalue weighted by Gasteiger charge is 2.54. The summed E-state index contributed by atoms with van der Waals surface area (Å²) in [4.78, 5) is 11.8. The maximum Gasteiger partial charge on any atom is 0.133 e. The molecule has 1 nitrogen and oxygen atoms in total. The lowest BCUT2D eigenvalue weighted by Crippen LogP contribution is -2.47. The van der Waals surface area contributed by atoms with Crippen LogP contribution in [-0.2, 0) is 4.79 Å². The van der Waals surface area contributed by atoms with Gasteiger partial charge in [-0.05, 0) is 86.9 Å². The van der Waals surface area contributed by atoms with Crippen molar-refractivity contribution in [2.24, 2.45) is 35.0 Å². The Balaban J connectivity index is 1.59. The van der Waals surface area contributed by atoms with E-state index in [0.717, 1.165) is 42.4 Å². The van der Waals surface area contributed by atoms with Crippen molar-refractivity contribution in [1.29, 1.82) is 0 Å². The predicted octanol–water partition coefficient (Wildman–Crippen LogP) is 5.15. The average molecular weight is 286 g/mol. The summed E-state index contributed by atoms with van der Waals surface area (Å²) in [5.74, 6) is 5.05. The largest absolute Gasteiger partial charge is 0.300 e. The first-order valence-corrected chi connectivity index (χ1v) is 9.31. The summed E-state index contributed by atoms with van der Waals surface area (Å²) in [5.41, 5.74) is 2.28. The van der Waals surface area contributed by atoms with Crippen LogP contribution in [0.2, 0.25) is 0 Å². The van der Waals surface area contributed by atoms with Gasteiger partial charge >= 0.3 is 0 Å². The lowest BCUT2D eigenvalue weighted by atomic mass is 9.50. The molecule has 116 valence electrons. The molecule has 0 heterocycles. The van der Waals surface area contributed by atoms with Crippen molar-refractivity contribution in [2.75, 3.05) is 0 Å². The molecule has 4 aliphatic rings. The number of Topliss-reactive ketones (excluding diaryl/α,β-unsaturated/α-hetero) is 1. The molecule has 0 N–H and O–H groups in total. The molecule has 0 saturated heterocycles. The summed E-state index contributed by atoms with van der Waals surface area (Å²) in [7, 11) is 0. The Morgan fingerprint density at radius 3 is 2.67 bits per heavy atom. The maximum absolute atomic E-state index is 11.8. The maximum atomic E-state index is 11.8. The van der Waals surface area contributed by atoms with Crippen LogP contribution in [0, 0.1) is 35.0 Å². The summed E-state index contributed by atoms with van der Waals surface area (Å²) in [6.07, 6.45) is 13.8. The molecular formula is C20H30O. The van der Waals surface area contributed by atoms with E-state index in [-0.39, 0.29) is 0 Å². The average Bonchev–Trinajstić information content (AvgIpc) is 2.83. The Hall–Kier alpha value is -0.590. The van der Waals surface area contributed by atoms with Gasteiger partial charge in [0.05, 0.1) is 0 Å². The Morgan fingerprint density at radius 2 is 1.86 bits per heavy atom. The highest BCUT2D eigenvalue weighted by atomic mass is 16.1. The molecule has 6 unspecified atom stereocenters. The van der Waals surface area contributed by atoms with E-state index in [9.17, 15) is 4.79 Å². The molecule has 0 aromatic rings. The van der Waals surface area contributed by atoms with E-state index in [0.29, 0.717) is 11.2 Å². The fourth-order valence-corrected chi connectivity index (χ4v) is 6.98. The number of fused-ring (bicyclic) bond motifs is 5. The smallest absolute Gasteiger partial charge is 0.133 e. The van der Waals surface area contributed by atoms with Crippen LogP contribution in [0.5, 0.6) is 0 Å². The first-order chi connectivity index (χ1) is 10.1. The van der Waals surface area contributed by atoms with E-state index in [1.165, 1.54) is 44.9 Å². The zero-order valence-electron chi connectivity index (χ0n) is 13.7. The van der Waals surface area contributed by atoms with Crippen LogP contribution in [0.1, 0.15) is 71.6 Å². The van der Waals surface area contributed by atoms with Gasteiger partial charge < -0.3 is 0 Å². The van der Waals surface area contributed by atoms with Crippen molar-refractivity contribution in [1.82, 2.24) is 0 Å². The van der Waals surface area contributed by atoms with Crippen molar-refractivity contribution in [3.8, 4) is 0 Å². The lowest BCUT2D eigenvalue weighted by Gasteiger charge is -2.54. The first kappa shape index (κ1) is 14.0. The Morgan fingerprint density at radius 1 is 1.00 bits per heavy atom. The topological polar surface area (TPSA) is 17.1 Å². The number of ketones is 1. The lowest BCUT2D eigenvalue weighted by molar-refractivity contribution is -0.126. The van der Waals surface area contributed by atoms with Gasteiger partial charge in [0, 0.05) is 12.8 Å². The Labute approximate surface area is 129 Å². The van der Waals surface area contributed by atoms with Gasteiger partial charge in [-0.2, -0.15) is 0 Å². The highest BCUT2D eigenvalue weighted by molar-refractivity contribution is 5.79. The fourth-order valence-electron chi connectivity index (χ4n) is 6.98. The minimum absolute atomic E-state index is 0.521. The van der Waals surface area contributed by atoms with Crippen LogP contribution >= 0.6 is 0 Å². The number of rotatable bonds is 0. The van der Waals surface area contributed by atoms with E-state index in [1.807, 2.05) is 0 Å². The monoisotopic (exact) mass is 286 g/mol. The van der Waals surface area contributed by atoms with Crippen LogP contribution in [0.3, 0.4) is 0 Å². The van der Waals surface area contributed by atoms with Crippen LogP contribution in [0.15, 0.2) is 11.6 Å². The molecule has 4 rings (SSSR count). The van der Waals surface area contributed by atoms with E-state index >= 15 is 0 Å². The van der Waals surface area contributed by atoms with E-state index < -0.39 is 0 Å². The van der Waals surface area contributed by atoms with Crippen LogP contribution in [-0.4, -0.2) is 5.78 Å². The van der Waals surface area contributed by atoms with Gasteiger partial charge in [0.2, 0.25) is 0 Å². The minimum Gasteiger partial charge on any atom is -0.300 e. The summed E-state index contributed by atoms with van der Waals surface area (Å²) in [6.45, 7) is 4.81. The molecule has 21 heavy (non-hydrogen) atoms. The molecule has 0 amide bonds. The number of hydrogen-bond donors (Lipinski definition) is 0. The Bertz CT molecular complexity index is 476. The SMILES string of the molecule is C/C=C1\CCC2C3CCC4CC(=O)CCC4C3CCC12C. The molecular weight excluding hydrogens is 256 g/mol. The third-order valence-electron chi connectivity index (χ3n) is 7.96. The van der Waals surface area contributed by atoms with Crippen molar-refractivity contribution in [2.45, 2.75) is 71.6 Å². The highest BCUT2D eigenvalue weighted by Crippen LogP contribution is 2.63. The van der Waals surface area contributed by atoms with E-state index in [2.05, 4.69) is 19.9 Å². The van der Waals surface area contributed by atoms with Crippen molar-refractivity contribution >= 4 is 5.78 Å². The molecule has 0 bridgehead atoms. The van der Waals surface area contributed by atoms with Crippen molar-refractivity contribution in [3.63, 3.8) is 0 Å². The van der Waals surface area contributed by atoms with Gasteiger partial charge in [0.1, 0.15) is 5.78 Å². The van der Waals surface area contributed by atoms with Crippen molar-refractivity contribution < 1.29 is 4.79 Å². The second-order valence-corrected chi connectivity index (χ2v) is 8.53. The third kappa shape index (κ3) is 1.99. The predicted molar refractivity (Wildman–Crippen MR) is 85.9 cm³/mol. The molecule has 0 spiro atoms. The summed E-state index contributed by atoms with van der Waals surface area (Å²) >= 11 is 0. The number of hydrogen-bond acceptors (Lipinski definition) is 1. The van der Waals surface area contributed by atoms with Gasteiger partial charge in [-0.15, -0.1) is 0 Å². The first-order valence-electron chi connectivity index (χ1n) is 9.31. The molecule has 0 aliphatic heterocycles. The van der Waals surface area contributed by atoms with Gasteiger partial charge in [-0.25, -0.2) is 0 Å². The third-order valence-corrected chi connectivity index (χ3v) is 7.96. The standard InChI is InChI=1S/C20H30O/c1-3-14-5-9-19-18-7-4-13-12-15(21)6-8-16(13)17(18)10-11-20(14,19)2/h3,13,16-19H,4-12H2,1-2H3/b14-3+. The van der Waals surface area contributed by atoms with Crippen LogP contribution in [0.25, 0.3) is 0 Å². The number of allylic oxidation sites excluding steroid dienone is 2. The molecule has 1 heteroatoms. The number of carbonyl (C=O) groups is 1. The van der Waals surface area contributed by atoms with E-state index in [1.54, 1.807) is 5.57 Å². The summed E-state index contributed by atoms with van der Waals surface area (Å²) < 4.78 is 0. The van der Waals surface area contributed by atoms with Gasteiger partial charge in [-0.3, -0.25) is 4.79 Å². The van der Waals surface area contributed by atoms with Crippen LogP contribution < -0.4 is 0 Å². The second kappa shape index (κ2) is 4.96. The normalized spacial score (nSPS) is 51.4. The van der Waals surface area contributed by atoms with Gasteiger partial charge in [-0.1, -0.05) is 18.6 Å². The minimum atomic E-state index is 0.521. The molecule has 6 atom stereocenters. The summed E-state index contributed by atoms with van der Waals surface area (Å²) in [5, 5.41) is 0. The zero-order valence-corrected chi connectivity index (χ0v) is 13.7.